The Kier molecular flexibility index (Phi) is 7.09. The van der Waals surface area contributed by atoms with Crippen molar-refractivity contribution in [3.05, 3.63) is 75.3 Å². The lowest BCUT2D eigenvalue weighted by molar-refractivity contribution is -0.383. The van der Waals surface area contributed by atoms with Crippen LogP contribution >= 0.6 is 35.0 Å². The van der Waals surface area contributed by atoms with E-state index in [-0.39, 0.29) is 17.1 Å². The van der Waals surface area contributed by atoms with Gasteiger partial charge in [-0.2, -0.15) is 0 Å². The SMILES string of the molecule is C=CCn1c(SCC(=O)Nc2ccccc2[N+](=O)[O-])nnc1-c1ccc(Cl)c(Cl)c1. The fraction of sp³-hybridized carbons (Fsp3) is 0.105. The molecule has 0 atom stereocenters. The Morgan fingerprint density at radius 1 is 1.23 bits per heavy atom. The van der Waals surface area contributed by atoms with E-state index >= 15 is 0 Å². The van der Waals surface area contributed by atoms with Crippen molar-refractivity contribution in [3.63, 3.8) is 0 Å². The third kappa shape index (κ3) is 4.99. The van der Waals surface area contributed by atoms with Crippen LogP contribution in [0.4, 0.5) is 11.4 Å². The summed E-state index contributed by atoms with van der Waals surface area (Å²) in [6.07, 6.45) is 1.68. The molecule has 0 fully saturated rings. The number of halogens is 2. The van der Waals surface area contributed by atoms with E-state index in [1.807, 2.05) is 0 Å². The average molecular weight is 464 g/mol. The number of nitrogens with one attached hydrogen (secondary N) is 1. The van der Waals surface area contributed by atoms with Crippen molar-refractivity contribution in [1.29, 1.82) is 0 Å². The molecule has 0 radical (unpaired) electrons. The van der Waals surface area contributed by atoms with Crippen molar-refractivity contribution in [2.45, 2.75) is 11.7 Å². The van der Waals surface area contributed by atoms with E-state index in [2.05, 4.69) is 22.1 Å². The number of benzene rings is 2. The zero-order valence-electron chi connectivity index (χ0n) is 15.4. The van der Waals surface area contributed by atoms with Gasteiger partial charge in [0.1, 0.15) is 5.69 Å². The summed E-state index contributed by atoms with van der Waals surface area (Å²) < 4.78 is 1.79. The first-order chi connectivity index (χ1) is 14.4. The second-order valence-corrected chi connectivity index (χ2v) is 7.70. The van der Waals surface area contributed by atoms with Crippen molar-refractivity contribution >= 4 is 52.2 Å². The molecule has 1 N–H and O–H groups in total. The topological polar surface area (TPSA) is 103 Å². The monoisotopic (exact) mass is 463 g/mol. The lowest BCUT2D eigenvalue weighted by Crippen LogP contribution is -2.15. The molecule has 30 heavy (non-hydrogen) atoms. The van der Waals surface area contributed by atoms with Gasteiger partial charge in [0, 0.05) is 18.2 Å². The Morgan fingerprint density at radius 3 is 2.70 bits per heavy atom. The minimum atomic E-state index is -0.549. The van der Waals surface area contributed by atoms with Crippen molar-refractivity contribution in [1.82, 2.24) is 14.8 Å². The number of hydrogen-bond acceptors (Lipinski definition) is 6. The number of amides is 1. The fourth-order valence-corrected chi connectivity index (χ4v) is 3.64. The van der Waals surface area contributed by atoms with E-state index in [9.17, 15) is 14.9 Å². The number of hydrogen-bond donors (Lipinski definition) is 1. The standard InChI is InChI=1S/C19H15Cl2N5O3S/c1-2-9-25-18(12-7-8-13(20)14(21)10-12)23-24-19(25)30-11-17(27)22-15-5-3-4-6-16(15)26(28)29/h2-8,10H,1,9,11H2,(H,22,27). The largest absolute Gasteiger partial charge is 0.320 e. The van der Waals surface area contributed by atoms with Crippen molar-refractivity contribution < 1.29 is 9.72 Å². The third-order valence-electron chi connectivity index (χ3n) is 3.91. The maximum atomic E-state index is 12.3. The number of anilines is 1. The van der Waals surface area contributed by atoms with Gasteiger partial charge in [-0.3, -0.25) is 19.5 Å². The van der Waals surface area contributed by atoms with Gasteiger partial charge in [0.25, 0.3) is 5.69 Å². The van der Waals surface area contributed by atoms with Crippen LogP contribution in [0.1, 0.15) is 0 Å². The molecule has 3 rings (SSSR count). The first-order valence-electron chi connectivity index (χ1n) is 8.56. The molecule has 1 aromatic heterocycles. The number of carbonyl (C=O) groups excluding carboxylic acids is 1. The summed E-state index contributed by atoms with van der Waals surface area (Å²) in [6.45, 7) is 4.16. The van der Waals surface area contributed by atoms with Crippen LogP contribution in [0, 0.1) is 10.1 Å². The van der Waals surface area contributed by atoms with Crippen LogP contribution in [0.2, 0.25) is 10.0 Å². The predicted octanol–water partition coefficient (Wildman–Crippen LogP) is 5.08. The van der Waals surface area contributed by atoms with Crippen LogP contribution in [0.3, 0.4) is 0 Å². The fourth-order valence-electron chi connectivity index (χ4n) is 2.59. The molecule has 0 unspecified atom stereocenters. The molecular weight excluding hydrogens is 449 g/mol. The number of nitro benzene ring substituents is 1. The molecule has 0 aliphatic heterocycles. The van der Waals surface area contributed by atoms with Crippen LogP contribution in [0.5, 0.6) is 0 Å². The second kappa shape index (κ2) is 9.75. The first kappa shape index (κ1) is 21.8. The Bertz CT molecular complexity index is 1120. The molecule has 3 aromatic rings. The lowest BCUT2D eigenvalue weighted by atomic mass is 10.2. The molecule has 0 spiro atoms. The van der Waals surface area contributed by atoms with Gasteiger partial charge in [-0.25, -0.2) is 0 Å². The van der Waals surface area contributed by atoms with E-state index in [4.69, 9.17) is 23.2 Å². The van der Waals surface area contributed by atoms with Crippen LogP contribution in [0.15, 0.2) is 60.3 Å². The van der Waals surface area contributed by atoms with Gasteiger partial charge in [-0.05, 0) is 24.3 Å². The van der Waals surface area contributed by atoms with Crippen molar-refractivity contribution in [2.75, 3.05) is 11.1 Å². The highest BCUT2D eigenvalue weighted by Crippen LogP contribution is 2.30. The smallest absolute Gasteiger partial charge is 0.292 e. The number of thioether (sulfide) groups is 1. The van der Waals surface area contributed by atoms with E-state index in [0.29, 0.717) is 27.6 Å². The summed E-state index contributed by atoms with van der Waals surface area (Å²) in [4.78, 5) is 22.9. The Hall–Kier alpha value is -2.88. The van der Waals surface area contributed by atoms with Gasteiger partial charge < -0.3 is 5.32 Å². The minimum Gasteiger partial charge on any atom is -0.320 e. The molecule has 0 saturated heterocycles. The van der Waals surface area contributed by atoms with Gasteiger partial charge in [0.05, 0.1) is 20.7 Å². The van der Waals surface area contributed by atoms with E-state index in [1.54, 1.807) is 34.9 Å². The third-order valence-corrected chi connectivity index (χ3v) is 5.62. The summed E-state index contributed by atoms with van der Waals surface area (Å²) in [6, 6.07) is 11.1. The molecule has 0 bridgehead atoms. The van der Waals surface area contributed by atoms with E-state index in [1.165, 1.54) is 18.2 Å². The van der Waals surface area contributed by atoms with Crippen LogP contribution < -0.4 is 5.32 Å². The molecule has 154 valence electrons. The molecule has 1 heterocycles. The molecule has 0 aliphatic rings. The van der Waals surface area contributed by atoms with Gasteiger partial charge in [-0.1, -0.05) is 53.2 Å². The van der Waals surface area contributed by atoms with Crippen LogP contribution in [0.25, 0.3) is 11.4 Å². The molecule has 2 aromatic carbocycles. The molecule has 8 nitrogen and oxygen atoms in total. The number of allylic oxidation sites excluding steroid dienone is 1. The minimum absolute atomic E-state index is 0.0112. The van der Waals surface area contributed by atoms with Crippen LogP contribution in [-0.4, -0.2) is 31.3 Å². The lowest BCUT2D eigenvalue weighted by Gasteiger charge is -2.09. The number of rotatable bonds is 8. The maximum Gasteiger partial charge on any atom is 0.292 e. The number of nitrogens with zero attached hydrogens (tertiary/aromatic N) is 4. The Balaban J connectivity index is 1.76. The first-order valence-corrected chi connectivity index (χ1v) is 10.3. The molecular formula is C19H15Cl2N5O3S. The second-order valence-electron chi connectivity index (χ2n) is 5.95. The average Bonchev–Trinajstić information content (AvgIpc) is 3.11. The highest BCUT2D eigenvalue weighted by molar-refractivity contribution is 7.99. The van der Waals surface area contributed by atoms with Gasteiger partial charge in [0.2, 0.25) is 5.91 Å². The number of aromatic nitrogens is 3. The van der Waals surface area contributed by atoms with Crippen molar-refractivity contribution in [2.24, 2.45) is 0 Å². The maximum absolute atomic E-state index is 12.3. The molecule has 0 saturated carbocycles. The molecule has 11 heteroatoms. The normalized spacial score (nSPS) is 10.6. The number of nitro groups is 1. The number of carbonyl (C=O) groups is 1. The van der Waals surface area contributed by atoms with Gasteiger partial charge in [-0.15, -0.1) is 16.8 Å². The van der Waals surface area contributed by atoms with E-state index < -0.39 is 10.8 Å². The van der Waals surface area contributed by atoms with E-state index in [0.717, 1.165) is 17.3 Å². The molecule has 1 amide bonds. The Labute approximate surface area is 186 Å². The molecule has 0 aliphatic carbocycles. The van der Waals surface area contributed by atoms with Gasteiger partial charge in [0.15, 0.2) is 11.0 Å². The van der Waals surface area contributed by atoms with Crippen molar-refractivity contribution in [3.8, 4) is 11.4 Å². The number of para-hydroxylation sites is 2. The highest BCUT2D eigenvalue weighted by atomic mass is 35.5. The quantitative estimate of drug-likeness (QED) is 0.216. The summed E-state index contributed by atoms with van der Waals surface area (Å²) in [7, 11) is 0. The zero-order valence-corrected chi connectivity index (χ0v) is 17.7. The summed E-state index contributed by atoms with van der Waals surface area (Å²) in [5, 5.41) is 23.3. The summed E-state index contributed by atoms with van der Waals surface area (Å²) >= 11 is 13.2. The predicted molar refractivity (Wildman–Crippen MR) is 118 cm³/mol. The summed E-state index contributed by atoms with van der Waals surface area (Å²) in [5.74, 6) is 0.136. The highest BCUT2D eigenvalue weighted by Gasteiger charge is 2.18. The zero-order chi connectivity index (χ0) is 21.7. The van der Waals surface area contributed by atoms with Crippen LogP contribution in [-0.2, 0) is 11.3 Å². The Morgan fingerprint density at radius 2 is 2.00 bits per heavy atom. The van der Waals surface area contributed by atoms with Gasteiger partial charge >= 0.3 is 0 Å². The summed E-state index contributed by atoms with van der Waals surface area (Å²) in [5.41, 5.74) is 0.680.